The third kappa shape index (κ3) is 3.70. The van der Waals surface area contributed by atoms with Crippen molar-refractivity contribution in [1.82, 2.24) is 15.3 Å². The molecule has 0 aromatic carbocycles. The number of fused-ring (bicyclic) bond motifs is 1. The van der Waals surface area contributed by atoms with Gasteiger partial charge >= 0.3 is 0 Å². The quantitative estimate of drug-likeness (QED) is 0.763. The fraction of sp³-hybridized carbons (Fsp3) is 0.600. The number of aryl methyl sites for hydroxylation is 2. The van der Waals surface area contributed by atoms with Crippen molar-refractivity contribution in [2.75, 3.05) is 13.2 Å². The topological polar surface area (TPSA) is 78.0 Å². The number of nitrogens with zero attached hydrogens (tertiary/aromatic N) is 1. The van der Waals surface area contributed by atoms with Gasteiger partial charge in [-0.15, -0.1) is 11.3 Å². The zero-order chi connectivity index (χ0) is 15.6. The second kappa shape index (κ2) is 6.25. The smallest absolute Gasteiger partial charge is 0.259 e. The van der Waals surface area contributed by atoms with Crippen LogP contribution in [0, 0.1) is 19.3 Å². The monoisotopic (exact) mass is 309 g/mol. The van der Waals surface area contributed by atoms with E-state index in [-0.39, 0.29) is 17.6 Å². The van der Waals surface area contributed by atoms with E-state index in [0.717, 1.165) is 28.2 Å². The molecule has 0 spiro atoms. The summed E-state index contributed by atoms with van der Waals surface area (Å²) in [6.07, 6.45) is 0.742. The van der Waals surface area contributed by atoms with Crippen molar-refractivity contribution in [1.29, 1.82) is 0 Å². The maximum absolute atomic E-state index is 12.1. The third-order valence-corrected chi connectivity index (χ3v) is 4.87. The Morgan fingerprint density at radius 1 is 1.38 bits per heavy atom. The third-order valence-electron chi connectivity index (χ3n) is 3.77. The molecule has 3 N–H and O–H groups in total. The Balaban J connectivity index is 2.12. The Morgan fingerprint density at radius 3 is 2.76 bits per heavy atom. The Hall–Kier alpha value is -1.24. The van der Waals surface area contributed by atoms with Gasteiger partial charge in [0.2, 0.25) is 0 Å². The van der Waals surface area contributed by atoms with Gasteiger partial charge in [0.25, 0.3) is 5.56 Å². The summed E-state index contributed by atoms with van der Waals surface area (Å²) in [5, 5.41) is 13.0. The van der Waals surface area contributed by atoms with Crippen LogP contribution in [0.1, 0.15) is 36.5 Å². The Morgan fingerprint density at radius 2 is 2.10 bits per heavy atom. The molecular formula is C15H23N3O2S. The van der Waals surface area contributed by atoms with E-state index in [9.17, 15) is 4.79 Å². The van der Waals surface area contributed by atoms with Gasteiger partial charge in [-0.05, 0) is 31.2 Å². The van der Waals surface area contributed by atoms with Crippen molar-refractivity contribution in [3.05, 3.63) is 26.6 Å². The van der Waals surface area contributed by atoms with Gasteiger partial charge in [-0.25, -0.2) is 4.98 Å². The maximum atomic E-state index is 12.1. The second-order valence-corrected chi connectivity index (χ2v) is 7.42. The predicted octanol–water partition coefficient (Wildman–Crippen LogP) is 2.10. The summed E-state index contributed by atoms with van der Waals surface area (Å²) in [7, 11) is 0. The molecule has 2 aromatic rings. The van der Waals surface area contributed by atoms with Gasteiger partial charge in [-0.3, -0.25) is 4.79 Å². The first-order valence-corrected chi connectivity index (χ1v) is 7.96. The van der Waals surface area contributed by atoms with Gasteiger partial charge in [0.05, 0.1) is 11.9 Å². The summed E-state index contributed by atoms with van der Waals surface area (Å²) in [4.78, 5) is 21.5. The van der Waals surface area contributed by atoms with Crippen LogP contribution < -0.4 is 10.9 Å². The fourth-order valence-corrected chi connectivity index (χ4v) is 3.34. The number of aromatic nitrogens is 2. The minimum atomic E-state index is -0.0618. The minimum Gasteiger partial charge on any atom is -0.396 e. The molecule has 6 heteroatoms. The predicted molar refractivity (Wildman–Crippen MR) is 86.9 cm³/mol. The fourth-order valence-electron chi connectivity index (χ4n) is 2.29. The average molecular weight is 309 g/mol. The minimum absolute atomic E-state index is 0.0231. The van der Waals surface area contributed by atoms with Gasteiger partial charge in [-0.2, -0.15) is 0 Å². The van der Waals surface area contributed by atoms with Crippen LogP contribution >= 0.6 is 11.3 Å². The normalized spacial score (nSPS) is 12.2. The summed E-state index contributed by atoms with van der Waals surface area (Å²) in [6.45, 7) is 9.64. The second-order valence-electron chi connectivity index (χ2n) is 6.22. The molecule has 0 fully saturated rings. The SMILES string of the molecule is Cc1sc2nc(CNCC(C)(C)CCO)[nH]c(=O)c2c1C. The zero-order valence-corrected chi connectivity index (χ0v) is 13.9. The molecule has 0 amide bonds. The molecular weight excluding hydrogens is 286 g/mol. The lowest BCUT2D eigenvalue weighted by Gasteiger charge is -2.23. The van der Waals surface area contributed by atoms with Crippen LogP contribution in [0.4, 0.5) is 0 Å². The van der Waals surface area contributed by atoms with Crippen molar-refractivity contribution in [2.45, 2.75) is 40.7 Å². The van der Waals surface area contributed by atoms with Crippen molar-refractivity contribution in [3.63, 3.8) is 0 Å². The lowest BCUT2D eigenvalue weighted by Crippen LogP contribution is -2.31. The molecule has 21 heavy (non-hydrogen) atoms. The molecule has 0 aliphatic rings. The first kappa shape index (κ1) is 16.1. The number of aromatic amines is 1. The number of aliphatic hydroxyl groups excluding tert-OH is 1. The van der Waals surface area contributed by atoms with Gasteiger partial charge in [-0.1, -0.05) is 13.8 Å². The number of thiophene rings is 1. The Labute approximate surface area is 128 Å². The van der Waals surface area contributed by atoms with Crippen LogP contribution in [0.15, 0.2) is 4.79 Å². The van der Waals surface area contributed by atoms with E-state index >= 15 is 0 Å². The summed E-state index contributed by atoms with van der Waals surface area (Å²) in [5.74, 6) is 0.661. The molecule has 116 valence electrons. The molecule has 0 radical (unpaired) electrons. The highest BCUT2D eigenvalue weighted by molar-refractivity contribution is 7.18. The zero-order valence-electron chi connectivity index (χ0n) is 13.0. The molecule has 0 saturated heterocycles. The van der Waals surface area contributed by atoms with Crippen molar-refractivity contribution < 1.29 is 5.11 Å². The summed E-state index contributed by atoms with van der Waals surface area (Å²) >= 11 is 1.56. The van der Waals surface area contributed by atoms with E-state index in [2.05, 4.69) is 29.1 Å². The number of H-pyrrole nitrogens is 1. The van der Waals surface area contributed by atoms with Gasteiger partial charge in [0.15, 0.2) is 0 Å². The highest BCUT2D eigenvalue weighted by atomic mass is 32.1. The Kier molecular flexibility index (Phi) is 4.81. The van der Waals surface area contributed by atoms with Crippen molar-refractivity contribution in [2.24, 2.45) is 5.41 Å². The van der Waals surface area contributed by atoms with E-state index in [4.69, 9.17) is 5.11 Å². The van der Waals surface area contributed by atoms with Gasteiger partial charge in [0, 0.05) is 18.0 Å². The maximum Gasteiger partial charge on any atom is 0.259 e. The largest absolute Gasteiger partial charge is 0.396 e. The highest BCUT2D eigenvalue weighted by Gasteiger charge is 2.17. The Bertz CT molecular complexity index is 688. The molecule has 0 atom stereocenters. The molecule has 0 saturated carbocycles. The number of aliphatic hydroxyl groups is 1. The van der Waals surface area contributed by atoms with Crippen LogP contribution in [0.25, 0.3) is 10.2 Å². The van der Waals surface area contributed by atoms with E-state index in [1.807, 2.05) is 13.8 Å². The molecule has 0 aliphatic carbocycles. The summed E-state index contributed by atoms with van der Waals surface area (Å²) in [6, 6.07) is 0. The van der Waals surface area contributed by atoms with Crippen LogP contribution in [-0.2, 0) is 6.54 Å². The number of rotatable bonds is 6. The van der Waals surface area contributed by atoms with E-state index < -0.39 is 0 Å². The van der Waals surface area contributed by atoms with Crippen LogP contribution in [-0.4, -0.2) is 28.2 Å². The number of hydrogen-bond donors (Lipinski definition) is 3. The van der Waals surface area contributed by atoms with Crippen LogP contribution in [0.5, 0.6) is 0 Å². The van der Waals surface area contributed by atoms with Gasteiger partial charge < -0.3 is 15.4 Å². The molecule has 5 nitrogen and oxygen atoms in total. The number of nitrogens with one attached hydrogen (secondary N) is 2. The summed E-state index contributed by atoms with van der Waals surface area (Å²) < 4.78 is 0. The van der Waals surface area contributed by atoms with Gasteiger partial charge in [0.1, 0.15) is 10.7 Å². The average Bonchev–Trinajstić information content (AvgIpc) is 2.65. The molecule has 2 heterocycles. The van der Waals surface area contributed by atoms with Crippen molar-refractivity contribution in [3.8, 4) is 0 Å². The van der Waals surface area contributed by atoms with Crippen LogP contribution in [0.2, 0.25) is 0 Å². The van der Waals surface area contributed by atoms with E-state index in [1.165, 1.54) is 0 Å². The first-order valence-electron chi connectivity index (χ1n) is 7.14. The first-order chi connectivity index (χ1) is 9.84. The summed E-state index contributed by atoms with van der Waals surface area (Å²) in [5.41, 5.74) is 0.982. The molecule has 2 rings (SSSR count). The molecule has 0 aliphatic heterocycles. The molecule has 0 bridgehead atoms. The molecule has 2 aromatic heterocycles. The number of hydrogen-bond acceptors (Lipinski definition) is 5. The molecule has 0 unspecified atom stereocenters. The lowest BCUT2D eigenvalue weighted by molar-refractivity contribution is 0.206. The van der Waals surface area contributed by atoms with Crippen LogP contribution in [0.3, 0.4) is 0 Å². The van der Waals surface area contributed by atoms with Crippen molar-refractivity contribution >= 4 is 21.6 Å². The van der Waals surface area contributed by atoms with E-state index in [1.54, 1.807) is 11.3 Å². The highest BCUT2D eigenvalue weighted by Crippen LogP contribution is 2.25. The lowest BCUT2D eigenvalue weighted by atomic mass is 9.90. The van der Waals surface area contributed by atoms with E-state index in [0.29, 0.717) is 17.8 Å². The standard InChI is InChI=1S/C15H23N3O2S/c1-9-10(2)21-14-12(9)13(20)17-11(18-14)7-16-8-15(3,4)5-6-19/h16,19H,5-8H2,1-4H3,(H,17,18,20).